The van der Waals surface area contributed by atoms with Gasteiger partial charge >= 0.3 is 11.9 Å². The van der Waals surface area contributed by atoms with Crippen molar-refractivity contribution in [2.45, 2.75) is 55.4 Å². The second-order valence-electron chi connectivity index (χ2n) is 10.3. The average molecular weight is 700 g/mol. The Balaban J connectivity index is 1.89. The van der Waals surface area contributed by atoms with Crippen LogP contribution in [0.25, 0.3) is 0 Å². The van der Waals surface area contributed by atoms with Gasteiger partial charge in [0.2, 0.25) is 0 Å². The molecule has 3 rings (SSSR count). The van der Waals surface area contributed by atoms with Gasteiger partial charge in [-0.05, 0) is 78.6 Å². The van der Waals surface area contributed by atoms with Crippen molar-refractivity contribution in [2.24, 2.45) is 0 Å². The van der Waals surface area contributed by atoms with Crippen molar-refractivity contribution in [1.82, 2.24) is 14.8 Å². The highest BCUT2D eigenvalue weighted by atomic mass is 32.1. The second kappa shape index (κ2) is 17.0. The van der Waals surface area contributed by atoms with Crippen LogP contribution in [-0.4, -0.2) is 89.7 Å². The molecule has 0 aromatic carbocycles. The second-order valence-corrected chi connectivity index (χ2v) is 12.3. The summed E-state index contributed by atoms with van der Waals surface area (Å²) in [5.41, 5.74) is 1.01. The highest BCUT2D eigenvalue weighted by molar-refractivity contribution is 7.19. The largest absolute Gasteiger partial charge is 0.462 e. The van der Waals surface area contributed by atoms with Crippen LogP contribution in [0.5, 0.6) is 0 Å². The minimum absolute atomic E-state index is 0.0599. The number of ether oxygens (including phenoxy) is 2. The Morgan fingerprint density at radius 2 is 1.08 bits per heavy atom. The summed E-state index contributed by atoms with van der Waals surface area (Å²) in [6.45, 7) is 16.1. The zero-order valence-electron chi connectivity index (χ0n) is 28.4. The molecule has 0 aliphatic rings. The molecule has 0 aliphatic heterocycles. The van der Waals surface area contributed by atoms with E-state index < -0.39 is 23.8 Å². The number of nitrogens with one attached hydrogen (secondary N) is 2. The molecule has 3 heterocycles. The molecule has 3 aromatic rings. The SMILES string of the molecule is CCOC(=O)c1c(NC(=O)c2ccc(C(=O)Nc3sc(C(=O)N(CC)CC)c(C)c3C(=O)OCC)nc2)sc(C(=O)N(CC)CC)c1C. The average Bonchev–Trinajstić information content (AvgIpc) is 3.57. The van der Waals surface area contributed by atoms with Gasteiger partial charge in [0.25, 0.3) is 23.6 Å². The monoisotopic (exact) mass is 699 g/mol. The third-order valence-electron chi connectivity index (χ3n) is 7.45. The predicted molar refractivity (Wildman–Crippen MR) is 185 cm³/mol. The van der Waals surface area contributed by atoms with Crippen molar-refractivity contribution in [3.05, 3.63) is 61.6 Å². The predicted octanol–water partition coefficient (Wildman–Crippen LogP) is 5.64. The first-order valence-corrected chi connectivity index (χ1v) is 17.3. The zero-order chi connectivity index (χ0) is 35.7. The molecule has 0 spiro atoms. The van der Waals surface area contributed by atoms with E-state index >= 15 is 0 Å². The van der Waals surface area contributed by atoms with Crippen molar-refractivity contribution < 1.29 is 38.2 Å². The Hall–Kier alpha value is -4.63. The Labute approximate surface area is 287 Å². The summed E-state index contributed by atoms with van der Waals surface area (Å²) in [6, 6.07) is 2.71. The van der Waals surface area contributed by atoms with E-state index in [9.17, 15) is 28.8 Å². The summed E-state index contributed by atoms with van der Waals surface area (Å²) in [5, 5.41) is 5.67. The van der Waals surface area contributed by atoms with Crippen LogP contribution >= 0.6 is 22.7 Å². The summed E-state index contributed by atoms with van der Waals surface area (Å²) in [7, 11) is 0. The molecule has 15 heteroatoms. The van der Waals surface area contributed by atoms with Gasteiger partial charge in [-0.3, -0.25) is 24.2 Å². The van der Waals surface area contributed by atoms with Crippen molar-refractivity contribution >= 4 is 68.2 Å². The van der Waals surface area contributed by atoms with Gasteiger partial charge in [0.05, 0.1) is 39.7 Å². The lowest BCUT2D eigenvalue weighted by atomic mass is 10.1. The normalized spacial score (nSPS) is 10.7. The molecule has 0 fully saturated rings. The van der Waals surface area contributed by atoms with E-state index in [1.165, 1.54) is 18.3 Å². The van der Waals surface area contributed by atoms with Crippen molar-refractivity contribution in [2.75, 3.05) is 50.0 Å². The smallest absolute Gasteiger partial charge is 0.341 e. The number of hydrogen-bond acceptors (Lipinski definition) is 11. The Kier molecular flexibility index (Phi) is 13.4. The van der Waals surface area contributed by atoms with Crippen LogP contribution < -0.4 is 10.6 Å². The molecule has 0 radical (unpaired) electrons. The van der Waals surface area contributed by atoms with E-state index in [-0.39, 0.29) is 57.4 Å². The standard InChI is InChI=1S/C33H41N5O8S2/c1-9-37(10-2)30(41)24-18(7)22(32(43)45-13-5)28(47-24)35-26(39)20-15-16-21(34-17-20)27(40)36-29-23(33(44)46-14-6)19(8)25(48-29)31(42)38(11-3)12-4/h15-17H,9-14H2,1-8H3,(H,35,39)(H,36,40). The molecule has 4 amide bonds. The minimum atomic E-state index is -0.673. The quantitative estimate of drug-likeness (QED) is 0.203. The van der Waals surface area contributed by atoms with Crippen LogP contribution in [0.4, 0.5) is 10.0 Å². The molecule has 0 saturated carbocycles. The van der Waals surface area contributed by atoms with Gasteiger partial charge in [0.1, 0.15) is 15.7 Å². The maximum Gasteiger partial charge on any atom is 0.341 e. The Bertz CT molecular complexity index is 1560. The molecule has 0 saturated heterocycles. The summed E-state index contributed by atoms with van der Waals surface area (Å²) in [6.07, 6.45) is 1.19. The van der Waals surface area contributed by atoms with E-state index in [1.807, 2.05) is 27.7 Å². The molecule has 258 valence electrons. The van der Waals surface area contributed by atoms with Crippen LogP contribution in [0.3, 0.4) is 0 Å². The molecule has 0 unspecified atom stereocenters. The fourth-order valence-electron chi connectivity index (χ4n) is 4.82. The van der Waals surface area contributed by atoms with Crippen LogP contribution in [0.2, 0.25) is 0 Å². The number of rotatable bonds is 14. The van der Waals surface area contributed by atoms with Gasteiger partial charge in [-0.25, -0.2) is 9.59 Å². The maximum atomic E-state index is 13.3. The van der Waals surface area contributed by atoms with Gasteiger partial charge in [-0.2, -0.15) is 0 Å². The molecule has 0 bridgehead atoms. The first kappa shape index (κ1) is 37.8. The topological polar surface area (TPSA) is 164 Å². The highest BCUT2D eigenvalue weighted by Crippen LogP contribution is 2.36. The van der Waals surface area contributed by atoms with Gasteiger partial charge in [-0.15, -0.1) is 22.7 Å². The third kappa shape index (κ3) is 8.08. The van der Waals surface area contributed by atoms with Crippen LogP contribution in [-0.2, 0) is 9.47 Å². The number of anilines is 2. The Morgan fingerprint density at radius 1 is 0.667 bits per heavy atom. The number of pyridine rings is 1. The summed E-state index contributed by atoms with van der Waals surface area (Å²) in [5.74, 6) is -3.16. The van der Waals surface area contributed by atoms with Crippen LogP contribution in [0.15, 0.2) is 18.3 Å². The van der Waals surface area contributed by atoms with Crippen molar-refractivity contribution in [1.29, 1.82) is 0 Å². The molecular weight excluding hydrogens is 659 g/mol. The highest BCUT2D eigenvalue weighted by Gasteiger charge is 2.30. The molecule has 3 aromatic heterocycles. The van der Waals surface area contributed by atoms with E-state index in [0.29, 0.717) is 47.1 Å². The van der Waals surface area contributed by atoms with Gasteiger partial charge in [0, 0.05) is 32.4 Å². The number of carbonyl (C=O) groups excluding carboxylic acids is 6. The van der Waals surface area contributed by atoms with Gasteiger partial charge in [0.15, 0.2) is 0 Å². The summed E-state index contributed by atoms with van der Waals surface area (Å²) in [4.78, 5) is 86.5. The molecule has 48 heavy (non-hydrogen) atoms. The number of amides is 4. The van der Waals surface area contributed by atoms with Crippen LogP contribution in [0, 0.1) is 13.8 Å². The van der Waals surface area contributed by atoms with E-state index in [2.05, 4.69) is 15.6 Å². The lowest BCUT2D eigenvalue weighted by molar-refractivity contribution is 0.0517. The maximum absolute atomic E-state index is 13.3. The fourth-order valence-corrected chi connectivity index (χ4v) is 7.14. The fraction of sp³-hybridized carbons (Fsp3) is 0.424. The lowest BCUT2D eigenvalue weighted by Crippen LogP contribution is -2.30. The number of nitrogens with zero attached hydrogens (tertiary/aromatic N) is 3. The van der Waals surface area contributed by atoms with E-state index in [1.54, 1.807) is 37.5 Å². The number of aromatic nitrogens is 1. The lowest BCUT2D eigenvalue weighted by Gasteiger charge is -2.18. The van der Waals surface area contributed by atoms with Crippen molar-refractivity contribution in [3.8, 4) is 0 Å². The van der Waals surface area contributed by atoms with Gasteiger partial charge < -0.3 is 29.9 Å². The minimum Gasteiger partial charge on any atom is -0.462 e. The molecule has 0 atom stereocenters. The number of esters is 2. The number of hydrogen-bond donors (Lipinski definition) is 2. The first-order valence-electron chi connectivity index (χ1n) is 15.7. The number of thiophene rings is 2. The van der Waals surface area contributed by atoms with Crippen LogP contribution in [0.1, 0.15) is 114 Å². The molecule has 0 aliphatic carbocycles. The molecule has 2 N–H and O–H groups in total. The van der Waals surface area contributed by atoms with E-state index in [0.717, 1.165) is 22.7 Å². The summed E-state index contributed by atoms with van der Waals surface area (Å²) < 4.78 is 10.4. The third-order valence-corrected chi connectivity index (χ3v) is 9.85. The molecular formula is C33H41N5O8S2. The zero-order valence-corrected chi connectivity index (χ0v) is 30.0. The Morgan fingerprint density at radius 3 is 1.44 bits per heavy atom. The van der Waals surface area contributed by atoms with Gasteiger partial charge in [-0.1, -0.05) is 0 Å². The van der Waals surface area contributed by atoms with E-state index in [4.69, 9.17) is 9.47 Å². The van der Waals surface area contributed by atoms with Crippen molar-refractivity contribution in [3.63, 3.8) is 0 Å². The molecule has 13 nitrogen and oxygen atoms in total. The number of carbonyl (C=O) groups is 6. The summed E-state index contributed by atoms with van der Waals surface area (Å²) >= 11 is 1.96. The first-order chi connectivity index (χ1) is 22.9.